The third-order valence-electron chi connectivity index (χ3n) is 2.94. The predicted molar refractivity (Wildman–Crippen MR) is 81.0 cm³/mol. The molecule has 2 aromatic rings. The van der Waals surface area contributed by atoms with Gasteiger partial charge in [-0.05, 0) is 43.0 Å². The molecule has 21 heavy (non-hydrogen) atoms. The maximum Gasteiger partial charge on any atom is 0.261 e. The lowest BCUT2D eigenvalue weighted by Gasteiger charge is -2.15. The highest BCUT2D eigenvalue weighted by Gasteiger charge is 2.17. The van der Waals surface area contributed by atoms with Gasteiger partial charge in [-0.2, -0.15) is 0 Å². The van der Waals surface area contributed by atoms with E-state index in [9.17, 15) is 14.0 Å². The van der Waals surface area contributed by atoms with Crippen LogP contribution in [-0.2, 0) is 4.79 Å². The molecule has 2 rings (SSSR count). The molecule has 1 atom stereocenters. The van der Waals surface area contributed by atoms with E-state index in [-0.39, 0.29) is 5.91 Å². The molecule has 0 unspecified atom stereocenters. The van der Waals surface area contributed by atoms with Crippen LogP contribution < -0.4 is 10.6 Å². The van der Waals surface area contributed by atoms with Gasteiger partial charge in [-0.15, -0.1) is 11.3 Å². The molecule has 0 saturated carbocycles. The minimum atomic E-state index is -0.720. The summed E-state index contributed by atoms with van der Waals surface area (Å²) >= 11 is 1.30. The van der Waals surface area contributed by atoms with Gasteiger partial charge in [-0.3, -0.25) is 9.59 Å². The van der Waals surface area contributed by atoms with Gasteiger partial charge in [-0.25, -0.2) is 4.39 Å². The van der Waals surface area contributed by atoms with Crippen LogP contribution in [-0.4, -0.2) is 17.9 Å². The Bertz CT molecular complexity index is 656. The Morgan fingerprint density at radius 1 is 1.29 bits per heavy atom. The van der Waals surface area contributed by atoms with E-state index in [1.165, 1.54) is 23.5 Å². The van der Waals surface area contributed by atoms with Crippen molar-refractivity contribution in [3.05, 3.63) is 52.0 Å². The van der Waals surface area contributed by atoms with Crippen LogP contribution in [0.25, 0.3) is 0 Å². The highest BCUT2D eigenvalue weighted by molar-refractivity contribution is 7.12. The van der Waals surface area contributed by atoms with Crippen LogP contribution >= 0.6 is 11.3 Å². The first kappa shape index (κ1) is 15.2. The summed E-state index contributed by atoms with van der Waals surface area (Å²) in [5.74, 6) is -1.12. The van der Waals surface area contributed by atoms with Crippen molar-refractivity contribution in [3.8, 4) is 0 Å². The van der Waals surface area contributed by atoms with E-state index in [2.05, 4.69) is 10.6 Å². The van der Waals surface area contributed by atoms with Crippen molar-refractivity contribution in [3.63, 3.8) is 0 Å². The Hall–Kier alpha value is -2.21. The number of carbonyl (C=O) groups is 2. The third-order valence-corrected chi connectivity index (χ3v) is 3.81. The molecular formula is C15H15FN2O2S. The molecule has 0 aliphatic carbocycles. The second-order valence-electron chi connectivity index (χ2n) is 4.62. The molecule has 0 saturated heterocycles. The predicted octanol–water partition coefficient (Wildman–Crippen LogP) is 2.95. The van der Waals surface area contributed by atoms with Crippen molar-refractivity contribution in [2.75, 3.05) is 5.32 Å². The van der Waals surface area contributed by atoms with Gasteiger partial charge in [0.15, 0.2) is 0 Å². The average molecular weight is 306 g/mol. The normalized spacial score (nSPS) is 11.8. The Balaban J connectivity index is 1.99. The van der Waals surface area contributed by atoms with Crippen molar-refractivity contribution >= 4 is 28.8 Å². The molecule has 0 bridgehead atoms. The van der Waals surface area contributed by atoms with Crippen LogP contribution in [0.5, 0.6) is 0 Å². The quantitative estimate of drug-likeness (QED) is 0.912. The topological polar surface area (TPSA) is 58.2 Å². The summed E-state index contributed by atoms with van der Waals surface area (Å²) in [6.07, 6.45) is 0. The Morgan fingerprint density at radius 3 is 2.71 bits per heavy atom. The number of benzene rings is 1. The summed E-state index contributed by atoms with van der Waals surface area (Å²) in [5.41, 5.74) is 1.15. The zero-order chi connectivity index (χ0) is 15.4. The van der Waals surface area contributed by atoms with Gasteiger partial charge in [-0.1, -0.05) is 12.1 Å². The van der Waals surface area contributed by atoms with Crippen molar-refractivity contribution < 1.29 is 14.0 Å². The van der Waals surface area contributed by atoms with Gasteiger partial charge in [0, 0.05) is 5.69 Å². The van der Waals surface area contributed by atoms with E-state index in [1.807, 2.05) is 0 Å². The summed E-state index contributed by atoms with van der Waals surface area (Å²) in [4.78, 5) is 24.4. The third kappa shape index (κ3) is 3.88. The number of rotatable bonds is 4. The summed E-state index contributed by atoms with van der Waals surface area (Å²) in [6, 6.07) is 6.89. The van der Waals surface area contributed by atoms with Crippen LogP contribution in [0, 0.1) is 12.7 Å². The minimum absolute atomic E-state index is 0.302. The van der Waals surface area contributed by atoms with Crippen LogP contribution in [0.2, 0.25) is 0 Å². The fourth-order valence-corrected chi connectivity index (χ4v) is 2.34. The van der Waals surface area contributed by atoms with E-state index in [0.29, 0.717) is 10.6 Å². The lowest BCUT2D eigenvalue weighted by atomic mass is 10.2. The zero-order valence-corrected chi connectivity index (χ0v) is 12.5. The van der Waals surface area contributed by atoms with Gasteiger partial charge in [0.05, 0.1) is 4.88 Å². The minimum Gasteiger partial charge on any atom is -0.340 e. The van der Waals surface area contributed by atoms with E-state index in [0.717, 1.165) is 5.56 Å². The van der Waals surface area contributed by atoms with E-state index < -0.39 is 17.8 Å². The number of anilines is 1. The molecule has 1 aromatic carbocycles. The van der Waals surface area contributed by atoms with Gasteiger partial charge >= 0.3 is 0 Å². The molecular weight excluding hydrogens is 291 g/mol. The first-order valence-electron chi connectivity index (χ1n) is 6.39. The van der Waals surface area contributed by atoms with Crippen LogP contribution in [0.15, 0.2) is 35.7 Å². The molecule has 4 nitrogen and oxygen atoms in total. The van der Waals surface area contributed by atoms with Crippen LogP contribution in [0.4, 0.5) is 10.1 Å². The molecule has 2 N–H and O–H groups in total. The maximum absolute atomic E-state index is 13.2. The number of hydrogen-bond donors (Lipinski definition) is 2. The van der Waals surface area contributed by atoms with Crippen molar-refractivity contribution in [1.82, 2.24) is 5.32 Å². The summed E-state index contributed by atoms with van der Waals surface area (Å²) in [7, 11) is 0. The molecule has 0 aliphatic rings. The Morgan fingerprint density at radius 2 is 2.05 bits per heavy atom. The Kier molecular flexibility index (Phi) is 4.70. The second kappa shape index (κ2) is 6.49. The van der Waals surface area contributed by atoms with Gasteiger partial charge < -0.3 is 10.6 Å². The molecule has 0 spiro atoms. The fraction of sp³-hybridized carbons (Fsp3) is 0.200. The maximum atomic E-state index is 13.2. The van der Waals surface area contributed by atoms with E-state index >= 15 is 0 Å². The standard InChI is InChI=1S/C15H15FN2O2S/c1-9-5-6-11(16)8-12(9)18-14(19)10(2)17-15(20)13-4-3-7-21-13/h3-8,10H,1-2H3,(H,17,20)(H,18,19)/t10-/m1/s1. The van der Waals surface area contributed by atoms with Gasteiger partial charge in [0.25, 0.3) is 5.91 Å². The molecule has 1 heterocycles. The molecule has 6 heteroatoms. The number of nitrogens with one attached hydrogen (secondary N) is 2. The lowest BCUT2D eigenvalue weighted by Crippen LogP contribution is -2.41. The number of amides is 2. The summed E-state index contributed by atoms with van der Waals surface area (Å²) in [6.45, 7) is 3.35. The fourth-order valence-electron chi connectivity index (χ4n) is 1.71. The zero-order valence-electron chi connectivity index (χ0n) is 11.6. The average Bonchev–Trinajstić information content (AvgIpc) is 2.97. The van der Waals surface area contributed by atoms with Crippen LogP contribution in [0.1, 0.15) is 22.2 Å². The highest BCUT2D eigenvalue weighted by atomic mass is 32.1. The lowest BCUT2D eigenvalue weighted by molar-refractivity contribution is -0.117. The highest BCUT2D eigenvalue weighted by Crippen LogP contribution is 2.16. The van der Waals surface area contributed by atoms with Crippen LogP contribution in [0.3, 0.4) is 0 Å². The van der Waals surface area contributed by atoms with Gasteiger partial charge in [0.2, 0.25) is 5.91 Å². The molecule has 0 aliphatic heterocycles. The van der Waals surface area contributed by atoms with E-state index in [1.54, 1.807) is 37.4 Å². The second-order valence-corrected chi connectivity index (χ2v) is 5.57. The SMILES string of the molecule is Cc1ccc(F)cc1NC(=O)[C@@H](C)NC(=O)c1cccs1. The first-order chi connectivity index (χ1) is 9.97. The number of carbonyl (C=O) groups excluding carboxylic acids is 2. The number of aryl methyl sites for hydroxylation is 1. The number of hydrogen-bond acceptors (Lipinski definition) is 3. The van der Waals surface area contributed by atoms with Crippen molar-refractivity contribution in [2.45, 2.75) is 19.9 Å². The van der Waals surface area contributed by atoms with Crippen molar-refractivity contribution in [1.29, 1.82) is 0 Å². The van der Waals surface area contributed by atoms with Crippen molar-refractivity contribution in [2.24, 2.45) is 0 Å². The first-order valence-corrected chi connectivity index (χ1v) is 7.26. The molecule has 1 aromatic heterocycles. The van der Waals surface area contributed by atoms with Gasteiger partial charge in [0.1, 0.15) is 11.9 Å². The largest absolute Gasteiger partial charge is 0.340 e. The molecule has 0 radical (unpaired) electrons. The molecule has 0 fully saturated rings. The molecule has 2 amide bonds. The number of thiophene rings is 1. The smallest absolute Gasteiger partial charge is 0.261 e. The summed E-state index contributed by atoms with van der Waals surface area (Å²) in [5, 5.41) is 7.00. The monoisotopic (exact) mass is 306 g/mol. The van der Waals surface area contributed by atoms with E-state index in [4.69, 9.17) is 0 Å². The molecule has 110 valence electrons. The number of halogens is 1. The summed E-state index contributed by atoms with van der Waals surface area (Å²) < 4.78 is 13.2. The Labute approximate surface area is 126 Å².